The molecule has 0 aliphatic carbocycles. The molecule has 0 bridgehead atoms. The molecule has 1 atom stereocenters. The Labute approximate surface area is 197 Å². The highest BCUT2D eigenvalue weighted by Gasteiger charge is 2.57. The van der Waals surface area contributed by atoms with Gasteiger partial charge in [0.05, 0.1) is 0 Å². The van der Waals surface area contributed by atoms with Gasteiger partial charge in [-0.15, -0.1) is 0 Å². The Balaban J connectivity index is 1.35. The molecule has 3 aliphatic rings. The van der Waals surface area contributed by atoms with E-state index in [1.54, 1.807) is 11.0 Å². The maximum absolute atomic E-state index is 14.0. The molecule has 172 valence electrons. The fourth-order valence-corrected chi connectivity index (χ4v) is 5.17. The van der Waals surface area contributed by atoms with Crippen LogP contribution in [0.3, 0.4) is 0 Å². The quantitative estimate of drug-likeness (QED) is 0.637. The maximum Gasteiger partial charge on any atom is 0.246 e. The minimum absolute atomic E-state index is 0.0933. The van der Waals surface area contributed by atoms with Gasteiger partial charge in [0, 0.05) is 23.0 Å². The number of benzene rings is 3. The monoisotopic (exact) mass is 456 g/mol. The molecule has 3 aromatic rings. The molecule has 3 heterocycles. The summed E-state index contributed by atoms with van der Waals surface area (Å²) in [6.07, 6.45) is 0. The average Bonchev–Trinajstić information content (AvgIpc) is 3.51. The lowest BCUT2D eigenvalue weighted by Crippen LogP contribution is -2.45. The number of rotatable bonds is 4. The summed E-state index contributed by atoms with van der Waals surface area (Å²) in [5.74, 6) is 1.63. The zero-order valence-electron chi connectivity index (χ0n) is 19.0. The van der Waals surface area contributed by atoms with Crippen LogP contribution in [0, 0.1) is 0 Å². The van der Waals surface area contributed by atoms with Crippen LogP contribution in [0.1, 0.15) is 36.5 Å². The van der Waals surface area contributed by atoms with E-state index < -0.39 is 5.41 Å². The Morgan fingerprint density at radius 2 is 1.71 bits per heavy atom. The predicted molar refractivity (Wildman–Crippen MR) is 127 cm³/mol. The molecule has 7 nitrogen and oxygen atoms in total. The summed E-state index contributed by atoms with van der Waals surface area (Å²) in [5.41, 5.74) is 3.07. The number of anilines is 2. The lowest BCUT2D eigenvalue weighted by Gasteiger charge is -2.23. The van der Waals surface area contributed by atoms with Crippen molar-refractivity contribution in [2.24, 2.45) is 0 Å². The van der Waals surface area contributed by atoms with Gasteiger partial charge in [-0.25, -0.2) is 0 Å². The Morgan fingerprint density at radius 1 is 0.971 bits per heavy atom. The zero-order valence-corrected chi connectivity index (χ0v) is 19.0. The molecule has 0 radical (unpaired) electrons. The highest BCUT2D eigenvalue weighted by atomic mass is 16.7. The summed E-state index contributed by atoms with van der Waals surface area (Å²) >= 11 is 0. The van der Waals surface area contributed by atoms with Crippen molar-refractivity contribution < 1.29 is 23.8 Å². The van der Waals surface area contributed by atoms with E-state index in [1.165, 1.54) is 0 Å². The van der Waals surface area contributed by atoms with Gasteiger partial charge in [0.25, 0.3) is 0 Å². The zero-order chi connectivity index (χ0) is 23.4. The fraction of sp³-hybridized carbons (Fsp3) is 0.259. The Bertz CT molecular complexity index is 1330. The van der Waals surface area contributed by atoms with E-state index in [-0.39, 0.29) is 37.7 Å². The SMILES string of the molecule is CC(C)c1ccccc1NC(=O)CN1C(=O)C2(COc3cc4c(cc32)OCO4)c2ccccc21. The van der Waals surface area contributed by atoms with E-state index in [4.69, 9.17) is 14.2 Å². The first-order valence-electron chi connectivity index (χ1n) is 11.4. The van der Waals surface area contributed by atoms with Crippen LogP contribution in [0.15, 0.2) is 60.7 Å². The number of ether oxygens (including phenoxy) is 3. The maximum atomic E-state index is 14.0. The molecular weight excluding hydrogens is 432 g/mol. The van der Waals surface area contributed by atoms with E-state index in [0.717, 1.165) is 22.4 Å². The van der Waals surface area contributed by atoms with Gasteiger partial charge in [-0.3, -0.25) is 9.59 Å². The van der Waals surface area contributed by atoms with Crippen molar-refractivity contribution in [2.75, 3.05) is 30.2 Å². The smallest absolute Gasteiger partial charge is 0.246 e. The highest BCUT2D eigenvalue weighted by Crippen LogP contribution is 2.54. The standard InChI is InChI=1S/C27H24N2O5/c1-16(2)17-7-3-5-9-20(17)28-25(30)13-29-21-10-6-4-8-18(21)27(26(29)31)14-32-22-12-24-23(11-19(22)27)33-15-34-24/h3-12,16H,13-15H2,1-2H3,(H,28,30). The summed E-state index contributed by atoms with van der Waals surface area (Å²) in [6, 6.07) is 18.9. The second-order valence-corrected chi connectivity index (χ2v) is 9.09. The van der Waals surface area contributed by atoms with Crippen molar-refractivity contribution in [3.05, 3.63) is 77.4 Å². The molecule has 0 saturated carbocycles. The number of nitrogens with one attached hydrogen (secondary N) is 1. The van der Waals surface area contributed by atoms with Crippen LogP contribution in [-0.2, 0) is 15.0 Å². The third-order valence-electron chi connectivity index (χ3n) is 6.80. The molecule has 1 unspecified atom stereocenters. The van der Waals surface area contributed by atoms with Gasteiger partial charge in [-0.2, -0.15) is 0 Å². The number of amides is 2. The van der Waals surface area contributed by atoms with Crippen LogP contribution >= 0.6 is 0 Å². The summed E-state index contributed by atoms with van der Waals surface area (Å²) < 4.78 is 17.0. The first-order chi connectivity index (χ1) is 16.5. The Morgan fingerprint density at radius 3 is 2.53 bits per heavy atom. The number of nitrogens with zero attached hydrogens (tertiary/aromatic N) is 1. The molecule has 3 aliphatic heterocycles. The predicted octanol–water partition coefficient (Wildman–Crippen LogP) is 4.20. The number of fused-ring (bicyclic) bond motifs is 5. The topological polar surface area (TPSA) is 77.1 Å². The number of hydrogen-bond acceptors (Lipinski definition) is 5. The van der Waals surface area contributed by atoms with Crippen molar-refractivity contribution in [2.45, 2.75) is 25.2 Å². The minimum atomic E-state index is -1.02. The molecule has 0 aromatic heterocycles. The van der Waals surface area contributed by atoms with Gasteiger partial charge in [-0.1, -0.05) is 50.2 Å². The largest absolute Gasteiger partial charge is 0.491 e. The van der Waals surface area contributed by atoms with Crippen LogP contribution in [0.4, 0.5) is 11.4 Å². The van der Waals surface area contributed by atoms with Crippen molar-refractivity contribution in [3.63, 3.8) is 0 Å². The number of hydrogen-bond donors (Lipinski definition) is 1. The normalized spacial score (nSPS) is 19.4. The van der Waals surface area contributed by atoms with Crippen LogP contribution in [0.5, 0.6) is 17.2 Å². The highest BCUT2D eigenvalue weighted by molar-refractivity contribution is 6.14. The second-order valence-electron chi connectivity index (χ2n) is 9.09. The first-order valence-corrected chi connectivity index (χ1v) is 11.4. The van der Waals surface area contributed by atoms with Crippen molar-refractivity contribution in [1.82, 2.24) is 0 Å². The van der Waals surface area contributed by atoms with Crippen LogP contribution in [0.25, 0.3) is 0 Å². The Kier molecular flexibility index (Phi) is 4.55. The minimum Gasteiger partial charge on any atom is -0.491 e. The molecular formula is C27H24N2O5. The molecule has 6 rings (SSSR count). The molecule has 0 fully saturated rings. The van der Waals surface area contributed by atoms with E-state index in [2.05, 4.69) is 19.2 Å². The van der Waals surface area contributed by atoms with Crippen LogP contribution < -0.4 is 24.4 Å². The first kappa shape index (κ1) is 20.6. The lowest BCUT2D eigenvalue weighted by atomic mass is 9.77. The summed E-state index contributed by atoms with van der Waals surface area (Å²) in [4.78, 5) is 28.7. The summed E-state index contributed by atoms with van der Waals surface area (Å²) in [5, 5.41) is 3.00. The number of para-hydroxylation sites is 2. The molecule has 1 N–H and O–H groups in total. The van der Waals surface area contributed by atoms with Gasteiger partial charge in [0.2, 0.25) is 18.6 Å². The lowest BCUT2D eigenvalue weighted by molar-refractivity contribution is -0.124. The number of carbonyl (C=O) groups is 2. The molecule has 1 spiro atoms. The van der Waals surface area contributed by atoms with E-state index in [9.17, 15) is 9.59 Å². The van der Waals surface area contributed by atoms with E-state index >= 15 is 0 Å². The van der Waals surface area contributed by atoms with Gasteiger partial charge >= 0.3 is 0 Å². The van der Waals surface area contributed by atoms with Crippen molar-refractivity contribution in [1.29, 1.82) is 0 Å². The molecule has 2 amide bonds. The number of carbonyl (C=O) groups excluding carboxylic acids is 2. The average molecular weight is 456 g/mol. The van der Waals surface area contributed by atoms with Gasteiger partial charge < -0.3 is 24.4 Å². The van der Waals surface area contributed by atoms with Gasteiger partial charge in [-0.05, 0) is 35.2 Å². The third-order valence-corrected chi connectivity index (χ3v) is 6.80. The summed E-state index contributed by atoms with van der Waals surface area (Å²) in [7, 11) is 0. The third kappa shape index (κ3) is 2.89. The molecule has 34 heavy (non-hydrogen) atoms. The molecule has 7 heteroatoms. The van der Waals surface area contributed by atoms with E-state index in [0.29, 0.717) is 22.9 Å². The molecule has 0 saturated heterocycles. The van der Waals surface area contributed by atoms with Crippen LogP contribution in [-0.4, -0.2) is 31.8 Å². The van der Waals surface area contributed by atoms with Gasteiger partial charge in [0.15, 0.2) is 11.5 Å². The Hall–Kier alpha value is -4.00. The van der Waals surface area contributed by atoms with Crippen LogP contribution in [0.2, 0.25) is 0 Å². The molecule has 3 aromatic carbocycles. The fourth-order valence-electron chi connectivity index (χ4n) is 5.17. The summed E-state index contributed by atoms with van der Waals surface area (Å²) in [6.45, 7) is 4.37. The van der Waals surface area contributed by atoms with Crippen molar-refractivity contribution >= 4 is 23.2 Å². The second kappa shape index (κ2) is 7.52. The van der Waals surface area contributed by atoms with E-state index in [1.807, 2.05) is 54.6 Å². The van der Waals surface area contributed by atoms with Gasteiger partial charge in [0.1, 0.15) is 24.3 Å². The van der Waals surface area contributed by atoms with Crippen molar-refractivity contribution in [3.8, 4) is 17.2 Å².